The van der Waals surface area contributed by atoms with Gasteiger partial charge < -0.3 is 10.4 Å². The number of aromatic carboxylic acids is 1. The van der Waals surface area contributed by atoms with E-state index in [1.807, 2.05) is 6.92 Å². The summed E-state index contributed by atoms with van der Waals surface area (Å²) in [6, 6.07) is 12.3. The fourth-order valence-electron chi connectivity index (χ4n) is 1.79. The molecule has 0 amide bonds. The lowest BCUT2D eigenvalue weighted by molar-refractivity contribution is 0.0697. The van der Waals surface area contributed by atoms with E-state index >= 15 is 0 Å². The Balaban J connectivity index is 1.96. The molecule has 25 heavy (non-hydrogen) atoms. The van der Waals surface area contributed by atoms with Crippen LogP contribution in [-0.4, -0.2) is 30.9 Å². The maximum Gasteiger partial charge on any atom is 0.335 e. The normalized spacial score (nSPS) is 11.2. The van der Waals surface area contributed by atoms with Crippen LogP contribution >= 0.6 is 12.2 Å². The highest BCUT2D eigenvalue weighted by molar-refractivity contribution is 7.91. The van der Waals surface area contributed by atoms with Crippen LogP contribution in [0.1, 0.15) is 15.9 Å². The molecule has 0 aliphatic heterocycles. The van der Waals surface area contributed by atoms with Crippen LogP contribution in [0.25, 0.3) is 0 Å². The van der Waals surface area contributed by atoms with Crippen molar-refractivity contribution in [1.82, 2.24) is 4.72 Å². The molecule has 0 aliphatic rings. The molecular formula is C16H15N3O4S2. The molecule has 0 heterocycles. The van der Waals surface area contributed by atoms with Crippen molar-refractivity contribution in [2.45, 2.75) is 11.8 Å². The van der Waals surface area contributed by atoms with Crippen LogP contribution in [0.5, 0.6) is 0 Å². The van der Waals surface area contributed by atoms with Gasteiger partial charge in [0.25, 0.3) is 10.0 Å². The molecule has 0 saturated heterocycles. The van der Waals surface area contributed by atoms with Crippen LogP contribution in [0.3, 0.4) is 0 Å². The van der Waals surface area contributed by atoms with Crippen molar-refractivity contribution in [2.24, 2.45) is 4.99 Å². The van der Waals surface area contributed by atoms with Crippen LogP contribution in [0.15, 0.2) is 58.4 Å². The molecular weight excluding hydrogens is 362 g/mol. The van der Waals surface area contributed by atoms with E-state index in [0.29, 0.717) is 5.69 Å². The lowest BCUT2D eigenvalue weighted by Gasteiger charge is -2.06. The second-order valence-corrected chi connectivity index (χ2v) is 7.08. The third-order valence-corrected chi connectivity index (χ3v) is 4.79. The van der Waals surface area contributed by atoms with Gasteiger partial charge >= 0.3 is 5.97 Å². The zero-order chi connectivity index (χ0) is 18.4. The van der Waals surface area contributed by atoms with Gasteiger partial charge in [-0.15, -0.1) is 0 Å². The fraction of sp³-hybridized carbons (Fsp3) is 0.0625. The first-order valence-electron chi connectivity index (χ1n) is 7.04. The predicted molar refractivity (Wildman–Crippen MR) is 99.6 cm³/mol. The number of hydrogen-bond acceptors (Lipinski definition) is 4. The van der Waals surface area contributed by atoms with Gasteiger partial charge in [0, 0.05) is 5.69 Å². The summed E-state index contributed by atoms with van der Waals surface area (Å²) in [7, 11) is -3.78. The van der Waals surface area contributed by atoms with Gasteiger partial charge in [0.1, 0.15) is 0 Å². The Hall–Kier alpha value is -2.78. The molecule has 0 radical (unpaired) electrons. The Morgan fingerprint density at radius 3 is 2.28 bits per heavy atom. The molecule has 0 bridgehead atoms. The van der Waals surface area contributed by atoms with Crippen molar-refractivity contribution in [3.63, 3.8) is 0 Å². The number of carbonyl (C=O) groups is 1. The lowest BCUT2D eigenvalue weighted by Crippen LogP contribution is -2.28. The highest BCUT2D eigenvalue weighted by Crippen LogP contribution is 2.10. The predicted octanol–water partition coefficient (Wildman–Crippen LogP) is 2.40. The minimum atomic E-state index is -3.78. The summed E-state index contributed by atoms with van der Waals surface area (Å²) < 4.78 is 26.5. The molecule has 0 atom stereocenters. The Bertz CT molecular complexity index is 905. The van der Waals surface area contributed by atoms with Crippen molar-refractivity contribution < 1.29 is 18.3 Å². The average molecular weight is 377 g/mol. The summed E-state index contributed by atoms with van der Waals surface area (Å²) >= 11 is 4.89. The number of aryl methyl sites for hydroxylation is 1. The molecule has 3 N–H and O–H groups in total. The first-order chi connectivity index (χ1) is 11.8. The van der Waals surface area contributed by atoms with Gasteiger partial charge in [-0.3, -0.25) is 4.72 Å². The van der Waals surface area contributed by atoms with Crippen molar-refractivity contribution >= 4 is 45.3 Å². The highest BCUT2D eigenvalue weighted by atomic mass is 32.2. The Morgan fingerprint density at radius 2 is 1.72 bits per heavy atom. The summed E-state index contributed by atoms with van der Waals surface area (Å²) in [5.74, 6) is -1.02. The zero-order valence-corrected chi connectivity index (χ0v) is 14.8. The van der Waals surface area contributed by atoms with Gasteiger partial charge in [0.2, 0.25) is 5.11 Å². The third-order valence-electron chi connectivity index (χ3n) is 3.10. The van der Waals surface area contributed by atoms with E-state index in [4.69, 9.17) is 17.3 Å². The van der Waals surface area contributed by atoms with Crippen LogP contribution in [0.4, 0.5) is 5.69 Å². The smallest absolute Gasteiger partial charge is 0.335 e. The minimum absolute atomic E-state index is 0.0906. The van der Waals surface area contributed by atoms with Crippen molar-refractivity contribution in [2.75, 3.05) is 5.32 Å². The Morgan fingerprint density at radius 1 is 1.12 bits per heavy atom. The summed E-state index contributed by atoms with van der Waals surface area (Å²) in [4.78, 5) is 14.6. The van der Waals surface area contributed by atoms with Crippen LogP contribution < -0.4 is 10.0 Å². The maximum absolute atomic E-state index is 12.1. The Kier molecular flexibility index (Phi) is 5.84. The topological polar surface area (TPSA) is 108 Å². The minimum Gasteiger partial charge on any atom is -0.478 e. The van der Waals surface area contributed by atoms with Crippen molar-refractivity contribution in [1.29, 1.82) is 0 Å². The summed E-state index contributed by atoms with van der Waals surface area (Å²) in [6.45, 7) is 1.85. The van der Waals surface area contributed by atoms with Gasteiger partial charge in [-0.1, -0.05) is 17.7 Å². The number of hydrogen-bond donors (Lipinski definition) is 3. The summed E-state index contributed by atoms with van der Waals surface area (Å²) in [6.07, 6.45) is 1.22. The second kappa shape index (κ2) is 7.86. The molecule has 0 aromatic heterocycles. The largest absolute Gasteiger partial charge is 0.478 e. The van der Waals surface area contributed by atoms with Gasteiger partial charge in [-0.25, -0.2) is 18.2 Å². The van der Waals surface area contributed by atoms with E-state index in [-0.39, 0.29) is 15.6 Å². The average Bonchev–Trinajstić information content (AvgIpc) is 2.55. The molecule has 7 nitrogen and oxygen atoms in total. The molecule has 2 aromatic rings. The molecule has 0 fully saturated rings. The number of rotatable bonds is 5. The number of thiocarbonyl (C=S) groups is 1. The van der Waals surface area contributed by atoms with Crippen molar-refractivity contribution in [3.8, 4) is 0 Å². The maximum atomic E-state index is 12.1. The third kappa shape index (κ3) is 5.37. The monoisotopic (exact) mass is 377 g/mol. The highest BCUT2D eigenvalue weighted by Gasteiger charge is 2.14. The van der Waals surface area contributed by atoms with Gasteiger partial charge in [0.15, 0.2) is 0 Å². The van der Waals surface area contributed by atoms with Gasteiger partial charge in [-0.05, 0) is 55.5 Å². The molecule has 2 aromatic carbocycles. The van der Waals surface area contributed by atoms with Crippen LogP contribution in [0.2, 0.25) is 0 Å². The van der Waals surface area contributed by atoms with E-state index in [2.05, 4.69) is 15.0 Å². The summed E-state index contributed by atoms with van der Waals surface area (Å²) in [5.41, 5.74) is 1.68. The summed E-state index contributed by atoms with van der Waals surface area (Å²) in [5, 5.41) is 11.4. The molecule has 9 heteroatoms. The van der Waals surface area contributed by atoms with Crippen molar-refractivity contribution in [3.05, 3.63) is 59.7 Å². The van der Waals surface area contributed by atoms with E-state index in [0.717, 1.165) is 5.56 Å². The first kappa shape index (κ1) is 18.6. The molecule has 0 aliphatic carbocycles. The number of carboxylic acid groups (broad SMARTS) is 1. The van der Waals surface area contributed by atoms with Gasteiger partial charge in [-0.2, -0.15) is 0 Å². The number of carboxylic acids is 1. The Labute approximate surface area is 150 Å². The molecule has 2 rings (SSSR count). The van der Waals surface area contributed by atoms with Crippen LogP contribution in [-0.2, 0) is 10.0 Å². The number of benzene rings is 2. The number of sulfonamides is 1. The molecule has 0 spiro atoms. The van der Waals surface area contributed by atoms with E-state index in [1.165, 1.54) is 30.6 Å². The zero-order valence-electron chi connectivity index (χ0n) is 13.1. The van der Waals surface area contributed by atoms with E-state index in [1.54, 1.807) is 24.3 Å². The van der Waals surface area contributed by atoms with E-state index < -0.39 is 16.0 Å². The lowest BCUT2D eigenvalue weighted by atomic mass is 10.2. The number of nitrogens with zero attached hydrogens (tertiary/aromatic N) is 1. The molecule has 0 unspecified atom stereocenters. The quantitative estimate of drug-likeness (QED) is 0.419. The second-order valence-electron chi connectivity index (χ2n) is 5.01. The molecule has 0 saturated carbocycles. The molecule has 130 valence electrons. The van der Waals surface area contributed by atoms with Gasteiger partial charge in [0.05, 0.1) is 16.8 Å². The van der Waals surface area contributed by atoms with E-state index in [9.17, 15) is 13.2 Å². The SMILES string of the molecule is Cc1ccc(S(=O)(=O)NC(=S)/N=C\Nc2ccc(C(=O)O)cc2)cc1. The fourth-order valence-corrected chi connectivity index (χ4v) is 3.07. The number of anilines is 1. The first-order valence-corrected chi connectivity index (χ1v) is 8.93. The number of aliphatic imine (C=N–C) groups is 1. The standard InChI is InChI=1S/C16H15N3O4S2/c1-11-2-8-14(9-3-11)25(22,23)19-16(24)18-10-17-13-6-4-12(5-7-13)15(20)21/h2-10H,1H3,(H,20,21)(H2,17,18,19,24). The number of nitrogens with one attached hydrogen (secondary N) is 2. The van der Waals surface area contributed by atoms with Crippen LogP contribution in [0, 0.1) is 6.92 Å².